The second kappa shape index (κ2) is 7.05. The Balaban J connectivity index is 3.87. The molecular weight excluding hydrogens is 200 g/mol. The third-order valence-corrected chi connectivity index (χ3v) is 2.50. The van der Waals surface area contributed by atoms with E-state index in [2.05, 4.69) is 51.5 Å². The Morgan fingerprint density at radius 1 is 1.44 bits per heavy atom. The Labute approximate surface area is 101 Å². The average molecular weight is 228 g/mol. The van der Waals surface area contributed by atoms with Gasteiger partial charge in [-0.3, -0.25) is 4.90 Å². The Morgan fingerprint density at radius 2 is 2.00 bits per heavy atom. The summed E-state index contributed by atoms with van der Waals surface area (Å²) in [6.07, 6.45) is 0. The van der Waals surface area contributed by atoms with Crippen molar-refractivity contribution in [3.8, 4) is 0 Å². The summed E-state index contributed by atoms with van der Waals surface area (Å²) in [6, 6.07) is 0.427. The first-order chi connectivity index (χ1) is 7.26. The quantitative estimate of drug-likeness (QED) is 0.674. The van der Waals surface area contributed by atoms with Crippen LogP contribution < -0.4 is 5.32 Å². The first kappa shape index (κ1) is 15.6. The summed E-state index contributed by atoms with van der Waals surface area (Å²) in [4.78, 5) is 2.26. The minimum Gasteiger partial charge on any atom is -0.383 e. The Kier molecular flexibility index (Phi) is 6.88. The highest BCUT2D eigenvalue weighted by Gasteiger charge is 2.12. The number of methoxy groups -OCH3 is 1. The molecular formula is C13H28N2O. The largest absolute Gasteiger partial charge is 0.383 e. The van der Waals surface area contributed by atoms with Gasteiger partial charge in [0.25, 0.3) is 0 Å². The molecule has 0 radical (unpaired) electrons. The molecule has 1 N–H and O–H groups in total. The molecule has 3 nitrogen and oxygen atoms in total. The number of hydrogen-bond acceptors (Lipinski definition) is 3. The van der Waals surface area contributed by atoms with Gasteiger partial charge < -0.3 is 10.1 Å². The summed E-state index contributed by atoms with van der Waals surface area (Å²) < 4.78 is 5.13. The maximum absolute atomic E-state index is 5.13. The Hall–Kier alpha value is -0.380. The van der Waals surface area contributed by atoms with Crippen LogP contribution in [0.2, 0.25) is 0 Å². The maximum Gasteiger partial charge on any atom is 0.0615 e. The van der Waals surface area contributed by atoms with Crippen molar-refractivity contribution in [3.63, 3.8) is 0 Å². The summed E-state index contributed by atoms with van der Waals surface area (Å²) in [7, 11) is 3.84. The average Bonchev–Trinajstić information content (AvgIpc) is 2.14. The van der Waals surface area contributed by atoms with E-state index in [1.807, 2.05) is 0 Å². The van der Waals surface area contributed by atoms with E-state index >= 15 is 0 Å². The van der Waals surface area contributed by atoms with Crippen LogP contribution in [0.1, 0.15) is 27.7 Å². The van der Waals surface area contributed by atoms with Gasteiger partial charge in [0.05, 0.1) is 6.61 Å². The number of nitrogens with one attached hydrogen (secondary N) is 1. The highest BCUT2D eigenvalue weighted by Crippen LogP contribution is 2.03. The van der Waals surface area contributed by atoms with Crippen molar-refractivity contribution >= 4 is 0 Å². The van der Waals surface area contributed by atoms with Gasteiger partial charge in [-0.2, -0.15) is 0 Å². The summed E-state index contributed by atoms with van der Waals surface area (Å²) in [5.41, 5.74) is 1.36. The molecule has 1 atom stereocenters. The lowest BCUT2D eigenvalue weighted by molar-refractivity contribution is 0.120. The van der Waals surface area contributed by atoms with Crippen molar-refractivity contribution < 1.29 is 4.74 Å². The highest BCUT2D eigenvalue weighted by atomic mass is 16.5. The van der Waals surface area contributed by atoms with Crippen molar-refractivity contribution in [1.82, 2.24) is 10.2 Å². The monoisotopic (exact) mass is 228 g/mol. The van der Waals surface area contributed by atoms with Gasteiger partial charge in [-0.15, -0.1) is 0 Å². The van der Waals surface area contributed by atoms with Crippen molar-refractivity contribution in [3.05, 3.63) is 12.2 Å². The maximum atomic E-state index is 5.13. The van der Waals surface area contributed by atoms with E-state index in [0.717, 1.165) is 19.7 Å². The fourth-order valence-corrected chi connectivity index (χ4v) is 1.32. The number of nitrogens with zero attached hydrogens (tertiary/aromatic N) is 1. The molecule has 0 aromatic carbocycles. The van der Waals surface area contributed by atoms with Gasteiger partial charge in [0.2, 0.25) is 0 Å². The molecule has 0 aromatic rings. The van der Waals surface area contributed by atoms with Crippen LogP contribution in [0.25, 0.3) is 0 Å². The summed E-state index contributed by atoms with van der Waals surface area (Å²) in [5, 5.41) is 3.44. The number of likely N-dealkylation sites (N-methyl/N-ethyl adjacent to an activating group) is 1. The summed E-state index contributed by atoms with van der Waals surface area (Å²) in [6.45, 7) is 15.3. The Bertz CT molecular complexity index is 208. The molecule has 0 aromatic heterocycles. The van der Waals surface area contributed by atoms with E-state index in [4.69, 9.17) is 4.74 Å². The topological polar surface area (TPSA) is 24.5 Å². The van der Waals surface area contributed by atoms with Crippen LogP contribution in [0.4, 0.5) is 0 Å². The molecule has 0 saturated heterocycles. The third-order valence-electron chi connectivity index (χ3n) is 2.50. The molecule has 0 bridgehead atoms. The molecule has 16 heavy (non-hydrogen) atoms. The minimum absolute atomic E-state index is 0.152. The predicted octanol–water partition coefficient (Wildman–Crippen LogP) is 1.90. The zero-order chi connectivity index (χ0) is 12.8. The van der Waals surface area contributed by atoms with Gasteiger partial charge >= 0.3 is 0 Å². The normalized spacial score (nSPS) is 14.2. The number of ether oxygens (including phenoxy) is 1. The Morgan fingerprint density at radius 3 is 2.44 bits per heavy atom. The molecule has 0 aliphatic carbocycles. The van der Waals surface area contributed by atoms with Crippen molar-refractivity contribution in [1.29, 1.82) is 0 Å². The fraction of sp³-hybridized carbons (Fsp3) is 0.846. The predicted molar refractivity (Wildman–Crippen MR) is 70.9 cm³/mol. The highest BCUT2D eigenvalue weighted by molar-refractivity contribution is 5.01. The fourth-order valence-electron chi connectivity index (χ4n) is 1.32. The lowest BCUT2D eigenvalue weighted by atomic mass is 10.1. The second-order valence-electron chi connectivity index (χ2n) is 5.57. The second-order valence-corrected chi connectivity index (χ2v) is 5.57. The summed E-state index contributed by atoms with van der Waals surface area (Å²) >= 11 is 0. The smallest absolute Gasteiger partial charge is 0.0615 e. The molecule has 0 aliphatic heterocycles. The third kappa shape index (κ3) is 7.85. The molecule has 0 fully saturated rings. The lowest BCUT2D eigenvalue weighted by Crippen LogP contribution is -2.40. The van der Waals surface area contributed by atoms with Crippen molar-refractivity contribution in [2.75, 3.05) is 33.9 Å². The van der Waals surface area contributed by atoms with Crippen LogP contribution in [0.15, 0.2) is 12.2 Å². The lowest BCUT2D eigenvalue weighted by Gasteiger charge is -2.27. The standard InChI is InChI=1S/C13H28N2O/c1-11(8-14-13(3,4)5)9-15(6)12(2)10-16-7/h12,14H,1,8-10H2,2-7H3. The first-order valence-electron chi connectivity index (χ1n) is 5.87. The van der Waals surface area contributed by atoms with Gasteiger partial charge in [-0.05, 0) is 40.3 Å². The SMILES string of the molecule is C=C(CNC(C)(C)C)CN(C)C(C)COC. The number of rotatable bonds is 7. The summed E-state index contributed by atoms with van der Waals surface area (Å²) in [5.74, 6) is 0. The van der Waals surface area contributed by atoms with Gasteiger partial charge in [-0.25, -0.2) is 0 Å². The molecule has 3 heteroatoms. The van der Waals surface area contributed by atoms with Crippen LogP contribution in [-0.2, 0) is 4.74 Å². The van der Waals surface area contributed by atoms with Crippen LogP contribution in [-0.4, -0.2) is 50.3 Å². The van der Waals surface area contributed by atoms with E-state index < -0.39 is 0 Å². The van der Waals surface area contributed by atoms with E-state index in [0.29, 0.717) is 6.04 Å². The molecule has 0 rings (SSSR count). The van der Waals surface area contributed by atoms with Crippen LogP contribution in [0, 0.1) is 0 Å². The number of hydrogen-bond donors (Lipinski definition) is 1. The van der Waals surface area contributed by atoms with Crippen molar-refractivity contribution in [2.45, 2.75) is 39.3 Å². The minimum atomic E-state index is 0.152. The molecule has 96 valence electrons. The molecule has 1 unspecified atom stereocenters. The zero-order valence-electron chi connectivity index (χ0n) is 11.8. The van der Waals surface area contributed by atoms with E-state index in [1.54, 1.807) is 7.11 Å². The van der Waals surface area contributed by atoms with Gasteiger partial charge in [-0.1, -0.05) is 6.58 Å². The zero-order valence-corrected chi connectivity index (χ0v) is 11.8. The molecule has 0 amide bonds. The van der Waals surface area contributed by atoms with Crippen molar-refractivity contribution in [2.24, 2.45) is 0 Å². The van der Waals surface area contributed by atoms with Crippen LogP contribution in [0.5, 0.6) is 0 Å². The molecule has 0 saturated carbocycles. The molecule has 0 spiro atoms. The van der Waals surface area contributed by atoms with E-state index in [-0.39, 0.29) is 5.54 Å². The van der Waals surface area contributed by atoms with E-state index in [1.165, 1.54) is 5.57 Å². The first-order valence-corrected chi connectivity index (χ1v) is 5.87. The van der Waals surface area contributed by atoms with Gasteiger partial charge in [0.15, 0.2) is 0 Å². The molecule has 0 heterocycles. The van der Waals surface area contributed by atoms with Gasteiger partial charge in [0, 0.05) is 31.8 Å². The molecule has 0 aliphatic rings. The van der Waals surface area contributed by atoms with E-state index in [9.17, 15) is 0 Å². The van der Waals surface area contributed by atoms with Gasteiger partial charge in [0.1, 0.15) is 0 Å². The van der Waals surface area contributed by atoms with Crippen LogP contribution in [0.3, 0.4) is 0 Å². The van der Waals surface area contributed by atoms with Crippen LogP contribution >= 0.6 is 0 Å².